The Balaban J connectivity index is 4.78. The van der Waals surface area contributed by atoms with Crippen LogP contribution < -0.4 is 5.32 Å². The van der Waals surface area contributed by atoms with E-state index < -0.39 is 38.3 Å². The van der Waals surface area contributed by atoms with E-state index in [2.05, 4.69) is 5.32 Å². The summed E-state index contributed by atoms with van der Waals surface area (Å²) in [6.07, 6.45) is 0.643. The molecule has 0 saturated heterocycles. The molecule has 0 aromatic rings. The van der Waals surface area contributed by atoms with Gasteiger partial charge in [0.25, 0.3) is 0 Å². The Morgan fingerprint density at radius 1 is 1.35 bits per heavy atom. The molecule has 0 fully saturated rings. The van der Waals surface area contributed by atoms with E-state index in [-0.39, 0.29) is 0 Å². The standard InChI is InChI=1S/C10H19NO5S/c1-5-10(3,4)11-9(14)7(2)17(15,16)6-8(12)13/h7H,5-6H2,1-4H3,(H,11,14)(H,12,13). The predicted octanol–water partition coefficient (Wildman–Crippen LogP) is 0.179. The zero-order valence-electron chi connectivity index (χ0n) is 10.5. The van der Waals surface area contributed by atoms with Gasteiger partial charge in [0, 0.05) is 5.54 Å². The summed E-state index contributed by atoms with van der Waals surface area (Å²) in [5.41, 5.74) is -0.510. The first kappa shape index (κ1) is 15.9. The van der Waals surface area contributed by atoms with Crippen molar-refractivity contribution >= 4 is 21.7 Å². The molecule has 1 unspecified atom stereocenters. The number of hydrogen-bond acceptors (Lipinski definition) is 4. The van der Waals surface area contributed by atoms with Gasteiger partial charge in [-0.25, -0.2) is 8.42 Å². The van der Waals surface area contributed by atoms with Gasteiger partial charge in [-0.2, -0.15) is 0 Å². The van der Waals surface area contributed by atoms with Crippen LogP contribution in [0.1, 0.15) is 34.1 Å². The van der Waals surface area contributed by atoms with Crippen molar-refractivity contribution in [3.8, 4) is 0 Å². The molecule has 0 aliphatic carbocycles. The topological polar surface area (TPSA) is 101 Å². The first-order valence-electron chi connectivity index (χ1n) is 5.27. The quantitative estimate of drug-likeness (QED) is 0.713. The minimum atomic E-state index is -3.95. The highest BCUT2D eigenvalue weighted by Gasteiger charge is 2.32. The Morgan fingerprint density at radius 2 is 1.82 bits per heavy atom. The van der Waals surface area contributed by atoms with Gasteiger partial charge in [0.2, 0.25) is 5.91 Å². The molecule has 0 spiro atoms. The maximum Gasteiger partial charge on any atom is 0.318 e. The number of rotatable bonds is 6. The maximum atomic E-state index is 11.7. The summed E-state index contributed by atoms with van der Waals surface area (Å²) in [4.78, 5) is 22.0. The van der Waals surface area contributed by atoms with Crippen LogP contribution in [-0.2, 0) is 19.4 Å². The molecule has 0 radical (unpaired) electrons. The Hall–Kier alpha value is -1.11. The zero-order valence-corrected chi connectivity index (χ0v) is 11.3. The van der Waals surface area contributed by atoms with Gasteiger partial charge in [-0.05, 0) is 27.2 Å². The molecule has 0 saturated carbocycles. The molecule has 0 rings (SSSR count). The van der Waals surface area contributed by atoms with Crippen LogP contribution in [0.3, 0.4) is 0 Å². The Bertz CT molecular complexity index is 399. The Morgan fingerprint density at radius 3 is 2.18 bits per heavy atom. The van der Waals surface area contributed by atoms with E-state index in [0.29, 0.717) is 6.42 Å². The number of carbonyl (C=O) groups excluding carboxylic acids is 1. The lowest BCUT2D eigenvalue weighted by Crippen LogP contribution is -2.49. The molecule has 0 heterocycles. The molecular formula is C10H19NO5S. The van der Waals surface area contributed by atoms with E-state index in [9.17, 15) is 18.0 Å². The van der Waals surface area contributed by atoms with Gasteiger partial charge in [0.05, 0.1) is 0 Å². The van der Waals surface area contributed by atoms with Gasteiger partial charge in [0.15, 0.2) is 9.84 Å². The summed E-state index contributed by atoms with van der Waals surface area (Å²) in [5.74, 6) is -3.16. The van der Waals surface area contributed by atoms with Crippen LogP contribution in [0, 0.1) is 0 Å². The fraction of sp³-hybridized carbons (Fsp3) is 0.800. The summed E-state index contributed by atoms with van der Waals surface area (Å²) >= 11 is 0. The lowest BCUT2D eigenvalue weighted by atomic mass is 10.0. The molecular weight excluding hydrogens is 246 g/mol. The van der Waals surface area contributed by atoms with Crippen molar-refractivity contribution in [2.24, 2.45) is 0 Å². The molecule has 0 aliphatic rings. The molecule has 0 aliphatic heterocycles. The molecule has 1 amide bonds. The first-order valence-corrected chi connectivity index (χ1v) is 6.99. The third-order valence-electron chi connectivity index (χ3n) is 2.58. The van der Waals surface area contributed by atoms with Crippen molar-refractivity contribution in [3.05, 3.63) is 0 Å². The molecule has 0 bridgehead atoms. The molecule has 17 heavy (non-hydrogen) atoms. The van der Waals surface area contributed by atoms with E-state index in [1.54, 1.807) is 13.8 Å². The van der Waals surface area contributed by atoms with Crippen LogP contribution in [0.5, 0.6) is 0 Å². The van der Waals surface area contributed by atoms with Gasteiger partial charge in [-0.3, -0.25) is 9.59 Å². The lowest BCUT2D eigenvalue weighted by molar-refractivity contribution is -0.134. The van der Waals surface area contributed by atoms with Crippen molar-refractivity contribution in [3.63, 3.8) is 0 Å². The molecule has 100 valence electrons. The molecule has 0 aromatic carbocycles. The van der Waals surface area contributed by atoms with Crippen molar-refractivity contribution < 1.29 is 23.1 Å². The molecule has 1 atom stereocenters. The van der Waals surface area contributed by atoms with Gasteiger partial charge in [-0.15, -0.1) is 0 Å². The first-order chi connectivity index (χ1) is 7.52. The highest BCUT2D eigenvalue weighted by atomic mass is 32.2. The number of carboxylic acid groups (broad SMARTS) is 1. The highest BCUT2D eigenvalue weighted by Crippen LogP contribution is 2.10. The molecule has 0 aromatic heterocycles. The number of amides is 1. The van der Waals surface area contributed by atoms with Crippen molar-refractivity contribution in [2.45, 2.75) is 44.9 Å². The van der Waals surface area contributed by atoms with E-state index in [0.717, 1.165) is 0 Å². The minimum absolute atomic E-state index is 0.510. The predicted molar refractivity (Wildman–Crippen MR) is 63.4 cm³/mol. The number of sulfone groups is 1. The molecule has 7 heteroatoms. The van der Waals surface area contributed by atoms with Crippen LogP contribution >= 0.6 is 0 Å². The Labute approximate surface area is 101 Å². The number of aliphatic carboxylic acids is 1. The van der Waals surface area contributed by atoms with Crippen molar-refractivity contribution in [1.82, 2.24) is 5.32 Å². The second kappa shape index (κ2) is 5.48. The summed E-state index contributed by atoms with van der Waals surface area (Å²) in [7, 11) is -3.95. The van der Waals surface area contributed by atoms with Gasteiger partial charge in [-0.1, -0.05) is 6.92 Å². The fourth-order valence-corrected chi connectivity index (χ4v) is 1.96. The van der Waals surface area contributed by atoms with Gasteiger partial charge in [0.1, 0.15) is 11.0 Å². The average molecular weight is 265 g/mol. The zero-order chi connectivity index (χ0) is 13.9. The van der Waals surface area contributed by atoms with Crippen molar-refractivity contribution in [2.75, 3.05) is 5.75 Å². The second-order valence-corrected chi connectivity index (χ2v) is 6.89. The van der Waals surface area contributed by atoms with Gasteiger partial charge >= 0.3 is 5.97 Å². The van der Waals surface area contributed by atoms with Crippen LogP contribution in [-0.4, -0.2) is 41.9 Å². The highest BCUT2D eigenvalue weighted by molar-refractivity contribution is 7.93. The largest absolute Gasteiger partial charge is 0.480 e. The summed E-state index contributed by atoms with van der Waals surface area (Å²) in [6.45, 7) is 6.58. The maximum absolute atomic E-state index is 11.7. The van der Waals surface area contributed by atoms with E-state index >= 15 is 0 Å². The minimum Gasteiger partial charge on any atom is -0.480 e. The van der Waals surface area contributed by atoms with Crippen LogP contribution in [0.4, 0.5) is 0 Å². The summed E-state index contributed by atoms with van der Waals surface area (Å²) < 4.78 is 23.0. The fourth-order valence-electron chi connectivity index (χ4n) is 0.984. The second-order valence-electron chi connectivity index (χ2n) is 4.57. The van der Waals surface area contributed by atoms with Crippen molar-refractivity contribution in [1.29, 1.82) is 0 Å². The van der Waals surface area contributed by atoms with Crippen LogP contribution in [0.2, 0.25) is 0 Å². The third kappa shape index (κ3) is 5.16. The van der Waals surface area contributed by atoms with E-state index in [1.165, 1.54) is 6.92 Å². The van der Waals surface area contributed by atoms with E-state index in [1.807, 2.05) is 6.92 Å². The van der Waals surface area contributed by atoms with Crippen LogP contribution in [0.15, 0.2) is 0 Å². The summed E-state index contributed by atoms with van der Waals surface area (Å²) in [6, 6.07) is 0. The smallest absolute Gasteiger partial charge is 0.318 e. The van der Waals surface area contributed by atoms with E-state index in [4.69, 9.17) is 5.11 Å². The van der Waals surface area contributed by atoms with Crippen LogP contribution in [0.25, 0.3) is 0 Å². The molecule has 2 N–H and O–H groups in total. The average Bonchev–Trinajstić information content (AvgIpc) is 2.14. The molecule has 6 nitrogen and oxygen atoms in total. The normalized spacial score (nSPS) is 14.1. The third-order valence-corrected chi connectivity index (χ3v) is 4.52. The number of carbonyl (C=O) groups is 2. The SMILES string of the molecule is CCC(C)(C)NC(=O)C(C)S(=O)(=O)CC(=O)O. The monoisotopic (exact) mass is 265 g/mol. The Kier molecular flexibility index (Phi) is 5.12. The number of hydrogen-bond donors (Lipinski definition) is 2. The lowest BCUT2D eigenvalue weighted by Gasteiger charge is -2.26. The summed E-state index contributed by atoms with van der Waals surface area (Å²) in [5, 5.41) is 9.66. The number of carboxylic acids is 1. The number of nitrogens with one attached hydrogen (secondary N) is 1. The van der Waals surface area contributed by atoms with Gasteiger partial charge < -0.3 is 10.4 Å².